The van der Waals surface area contributed by atoms with Crippen LogP contribution >= 0.6 is 0 Å². The van der Waals surface area contributed by atoms with Crippen molar-refractivity contribution >= 4 is 5.97 Å². The van der Waals surface area contributed by atoms with E-state index in [2.05, 4.69) is 53.0 Å². The minimum Gasteiger partial charge on any atom is -0.507 e. The summed E-state index contributed by atoms with van der Waals surface area (Å²) in [6.45, 7) is 22.0. The maximum absolute atomic E-state index is 12.5. The Morgan fingerprint density at radius 3 is 2.40 bits per heavy atom. The number of hydrogen-bond acceptors (Lipinski definition) is 7. The highest BCUT2D eigenvalue weighted by Gasteiger charge is 2.46. The Kier molecular flexibility index (Phi) is 10.7. The first-order valence-electron chi connectivity index (χ1n) is 15.0. The molecule has 3 rings (SSSR count). The number of phenols is 1. The number of carbonyl (C=O) groups is 1. The predicted octanol–water partition coefficient (Wildman–Crippen LogP) is 6.40. The highest BCUT2D eigenvalue weighted by Crippen LogP contribution is 2.40. The van der Waals surface area contributed by atoms with Crippen LogP contribution in [0, 0.1) is 31.6 Å². The molecule has 4 unspecified atom stereocenters. The van der Waals surface area contributed by atoms with Crippen LogP contribution in [0.15, 0.2) is 24.5 Å². The lowest BCUT2D eigenvalue weighted by Gasteiger charge is -2.54. The quantitative estimate of drug-likeness (QED) is 0.140. The fourth-order valence-electron chi connectivity index (χ4n) is 7.36. The van der Waals surface area contributed by atoms with Gasteiger partial charge in [0.25, 0.3) is 0 Å². The second-order valence-electron chi connectivity index (χ2n) is 13.8. The highest BCUT2D eigenvalue weighted by molar-refractivity contribution is 5.70. The number of likely N-dealkylation sites (tertiary alicyclic amines) is 1. The summed E-state index contributed by atoms with van der Waals surface area (Å²) >= 11 is 0. The molecule has 226 valence electrons. The Hall–Kier alpha value is -2.09. The van der Waals surface area contributed by atoms with E-state index in [0.717, 1.165) is 42.4 Å². The highest BCUT2D eigenvalue weighted by atomic mass is 17.2. The van der Waals surface area contributed by atoms with E-state index in [1.165, 1.54) is 0 Å². The van der Waals surface area contributed by atoms with E-state index in [0.29, 0.717) is 43.6 Å². The number of aromatic hydroxyl groups is 1. The smallest absolute Gasteiger partial charge is 0.306 e. The molecule has 1 aliphatic heterocycles. The molecule has 1 saturated carbocycles. The third-order valence-corrected chi connectivity index (χ3v) is 8.95. The minimum absolute atomic E-state index is 0.0971. The summed E-state index contributed by atoms with van der Waals surface area (Å²) in [5.74, 6) is 1.61. The van der Waals surface area contributed by atoms with Crippen molar-refractivity contribution in [3.05, 3.63) is 41.2 Å². The number of allylic oxidation sites excluding steroid dienone is 1. The Morgan fingerprint density at radius 1 is 1.10 bits per heavy atom. The number of phenolic OH excluding ortho intramolecular Hbond substituents is 1. The fraction of sp³-hybridized carbons (Fsp3) is 0.727. The molecule has 2 fully saturated rings. The van der Waals surface area contributed by atoms with Crippen LogP contribution < -0.4 is 0 Å². The zero-order valence-electron chi connectivity index (χ0n) is 26.1. The third kappa shape index (κ3) is 8.46. The number of ether oxygens (including phenoxy) is 1. The molecule has 0 radical (unpaired) electrons. The summed E-state index contributed by atoms with van der Waals surface area (Å²) in [6.07, 6.45) is 4.44. The first-order chi connectivity index (χ1) is 18.6. The van der Waals surface area contributed by atoms with E-state index in [1.54, 1.807) is 0 Å². The average molecular weight is 560 g/mol. The molecule has 1 aromatic rings. The zero-order chi connectivity index (χ0) is 29.8. The monoisotopic (exact) mass is 559 g/mol. The van der Waals surface area contributed by atoms with E-state index >= 15 is 0 Å². The fourth-order valence-corrected chi connectivity index (χ4v) is 7.36. The number of piperidine rings is 1. The van der Waals surface area contributed by atoms with Gasteiger partial charge in [0.15, 0.2) is 0 Å². The first kappa shape index (κ1) is 32.4. The van der Waals surface area contributed by atoms with Gasteiger partial charge in [0.1, 0.15) is 24.2 Å². The van der Waals surface area contributed by atoms with Crippen molar-refractivity contribution in [3.63, 3.8) is 0 Å². The molecule has 40 heavy (non-hydrogen) atoms. The van der Waals surface area contributed by atoms with Crippen molar-refractivity contribution in [1.82, 2.24) is 4.90 Å². The Balaban J connectivity index is 1.45. The zero-order valence-corrected chi connectivity index (χ0v) is 26.1. The van der Waals surface area contributed by atoms with Gasteiger partial charge in [-0.15, -0.1) is 0 Å². The summed E-state index contributed by atoms with van der Waals surface area (Å²) in [4.78, 5) is 26.5. The molecule has 0 spiro atoms. The van der Waals surface area contributed by atoms with Crippen LogP contribution in [0.2, 0.25) is 0 Å². The van der Waals surface area contributed by atoms with Crippen LogP contribution in [0.3, 0.4) is 0 Å². The lowest BCUT2D eigenvalue weighted by molar-refractivity contribution is -0.317. The van der Waals surface area contributed by atoms with Crippen LogP contribution in [0.1, 0.15) is 96.8 Å². The maximum Gasteiger partial charge on any atom is 0.306 e. The molecule has 1 aromatic carbocycles. The molecule has 0 amide bonds. The number of aliphatic hydroxyl groups is 1. The van der Waals surface area contributed by atoms with Gasteiger partial charge >= 0.3 is 5.97 Å². The van der Waals surface area contributed by atoms with Gasteiger partial charge in [-0.05, 0) is 103 Å². The summed E-state index contributed by atoms with van der Waals surface area (Å²) in [6, 6.07) is 3.85. The molecule has 0 aromatic heterocycles. The Labute approximate surface area is 241 Å². The lowest BCUT2D eigenvalue weighted by Crippen LogP contribution is -2.62. The van der Waals surface area contributed by atoms with Gasteiger partial charge in [-0.1, -0.05) is 38.1 Å². The van der Waals surface area contributed by atoms with Crippen LogP contribution in [-0.4, -0.2) is 57.5 Å². The van der Waals surface area contributed by atoms with Gasteiger partial charge in [0.05, 0.1) is 6.10 Å². The van der Waals surface area contributed by atoms with Gasteiger partial charge in [0.2, 0.25) is 0 Å². The molecule has 4 atom stereocenters. The molecular formula is C33H53NO6. The van der Waals surface area contributed by atoms with Gasteiger partial charge < -0.3 is 19.8 Å². The standard InChI is InChI=1S/C33H53NO6/c1-21-14-23(3)30(36)26(16-21)10-11-29(35)38-13-12-34-32(6,7)19-28(20-33(34,8)9)40-39-25(5)18-27-17-22(2)15-24(4)31(27)37/h14,16,22,24,27-28,31,36-37H,5,10-13,15,17-20H2,1-4,6-9H3. The number of aliphatic hydroxyl groups excluding tert-OH is 1. The van der Waals surface area contributed by atoms with Crippen LogP contribution in [0.5, 0.6) is 5.75 Å². The number of hydrogen-bond donors (Lipinski definition) is 2. The van der Waals surface area contributed by atoms with E-state index in [4.69, 9.17) is 14.5 Å². The number of benzene rings is 1. The number of rotatable bonds is 11. The van der Waals surface area contributed by atoms with Gasteiger partial charge in [-0.3, -0.25) is 9.69 Å². The SMILES string of the molecule is C=C(CC1CC(C)CC(C)C1O)OOC1CC(C)(C)N(CCOC(=O)CCc2cc(C)cc(C)c2O)C(C)(C)C1. The minimum atomic E-state index is -0.328. The van der Waals surface area contributed by atoms with Crippen molar-refractivity contribution in [3.8, 4) is 5.75 Å². The van der Waals surface area contributed by atoms with Gasteiger partial charge in [0, 0.05) is 30.5 Å². The summed E-state index contributed by atoms with van der Waals surface area (Å²) < 4.78 is 5.60. The number of esters is 1. The second-order valence-corrected chi connectivity index (χ2v) is 13.8. The maximum atomic E-state index is 12.5. The molecule has 1 saturated heterocycles. The van der Waals surface area contributed by atoms with E-state index in [1.807, 2.05) is 26.0 Å². The second kappa shape index (κ2) is 13.3. The molecule has 0 bridgehead atoms. The Morgan fingerprint density at radius 2 is 1.75 bits per heavy atom. The van der Waals surface area contributed by atoms with Gasteiger partial charge in [-0.2, -0.15) is 4.89 Å². The third-order valence-electron chi connectivity index (χ3n) is 8.95. The summed E-state index contributed by atoms with van der Waals surface area (Å²) in [5.41, 5.74) is 2.28. The van der Waals surface area contributed by atoms with Crippen LogP contribution in [0.4, 0.5) is 0 Å². The molecule has 7 nitrogen and oxygen atoms in total. The van der Waals surface area contributed by atoms with Crippen molar-refractivity contribution in [2.75, 3.05) is 13.2 Å². The number of nitrogens with zero attached hydrogens (tertiary/aromatic N) is 1. The normalized spacial score (nSPS) is 26.8. The summed E-state index contributed by atoms with van der Waals surface area (Å²) in [5, 5.41) is 20.9. The topological polar surface area (TPSA) is 88.5 Å². The summed E-state index contributed by atoms with van der Waals surface area (Å²) in [7, 11) is 0. The average Bonchev–Trinajstić information content (AvgIpc) is 2.83. The van der Waals surface area contributed by atoms with Crippen molar-refractivity contribution in [2.45, 2.75) is 124 Å². The Bertz CT molecular complexity index is 1020. The van der Waals surface area contributed by atoms with Crippen molar-refractivity contribution < 1.29 is 29.5 Å². The molecule has 1 heterocycles. The molecule has 7 heteroatoms. The van der Waals surface area contributed by atoms with Crippen LogP contribution in [0.25, 0.3) is 0 Å². The number of aryl methyl sites for hydroxylation is 3. The molecule has 2 N–H and O–H groups in total. The largest absolute Gasteiger partial charge is 0.507 e. The molecule has 2 aliphatic rings. The lowest BCUT2D eigenvalue weighted by atomic mass is 9.73. The number of carbonyl (C=O) groups excluding carboxylic acids is 1. The van der Waals surface area contributed by atoms with Crippen molar-refractivity contribution in [2.24, 2.45) is 17.8 Å². The van der Waals surface area contributed by atoms with E-state index in [9.17, 15) is 15.0 Å². The van der Waals surface area contributed by atoms with E-state index < -0.39 is 0 Å². The van der Waals surface area contributed by atoms with Crippen molar-refractivity contribution in [1.29, 1.82) is 0 Å². The van der Waals surface area contributed by atoms with E-state index in [-0.39, 0.29) is 47.3 Å². The predicted molar refractivity (Wildman–Crippen MR) is 158 cm³/mol. The molecular weight excluding hydrogens is 506 g/mol. The van der Waals surface area contributed by atoms with Gasteiger partial charge in [-0.25, -0.2) is 0 Å². The molecule has 1 aliphatic carbocycles. The first-order valence-corrected chi connectivity index (χ1v) is 15.0. The van der Waals surface area contributed by atoms with Crippen LogP contribution in [-0.2, 0) is 25.7 Å².